The van der Waals surface area contributed by atoms with Crippen molar-refractivity contribution in [1.82, 2.24) is 9.88 Å². The van der Waals surface area contributed by atoms with Gasteiger partial charge in [-0.15, -0.1) is 11.3 Å². The molecule has 1 aliphatic rings. The van der Waals surface area contributed by atoms with Crippen molar-refractivity contribution in [3.63, 3.8) is 0 Å². The van der Waals surface area contributed by atoms with E-state index in [1.54, 1.807) is 6.92 Å². The third-order valence-corrected chi connectivity index (χ3v) is 5.00. The minimum Gasteiger partial charge on any atom is -0.492 e. The summed E-state index contributed by atoms with van der Waals surface area (Å²) in [6.45, 7) is 7.33. The molecule has 0 aliphatic carbocycles. The van der Waals surface area contributed by atoms with Crippen molar-refractivity contribution < 1.29 is 19.0 Å². The Morgan fingerprint density at radius 1 is 1.27 bits per heavy atom. The molecule has 0 bridgehead atoms. The fraction of sp³-hybridized carbons (Fsp3) is 0.474. The van der Waals surface area contributed by atoms with Crippen molar-refractivity contribution in [2.75, 3.05) is 46.1 Å². The second-order valence-corrected chi connectivity index (χ2v) is 6.81. The molecular formula is C19H24N2O4S. The fourth-order valence-corrected chi connectivity index (χ4v) is 3.52. The summed E-state index contributed by atoms with van der Waals surface area (Å²) >= 11 is 1.53. The number of hydrogen-bond donors (Lipinski definition) is 0. The molecule has 1 aromatic heterocycles. The molecule has 140 valence electrons. The summed E-state index contributed by atoms with van der Waals surface area (Å²) in [6.07, 6.45) is 0.215. The van der Waals surface area contributed by atoms with Crippen LogP contribution in [0.4, 0.5) is 0 Å². The molecule has 1 aliphatic heterocycles. The van der Waals surface area contributed by atoms with Crippen LogP contribution >= 0.6 is 11.3 Å². The van der Waals surface area contributed by atoms with E-state index in [9.17, 15) is 4.79 Å². The first-order valence-corrected chi connectivity index (χ1v) is 9.76. The number of rotatable bonds is 8. The Labute approximate surface area is 157 Å². The molecule has 26 heavy (non-hydrogen) atoms. The highest BCUT2D eigenvalue weighted by Gasteiger charge is 2.11. The minimum absolute atomic E-state index is 0.215. The molecule has 1 fully saturated rings. The van der Waals surface area contributed by atoms with Gasteiger partial charge in [-0.3, -0.25) is 9.69 Å². The average Bonchev–Trinajstić information content (AvgIpc) is 3.12. The Morgan fingerprint density at radius 3 is 2.77 bits per heavy atom. The van der Waals surface area contributed by atoms with E-state index in [2.05, 4.69) is 9.88 Å². The second-order valence-electron chi connectivity index (χ2n) is 5.95. The molecule has 0 radical (unpaired) electrons. The Hall–Kier alpha value is -1.96. The van der Waals surface area contributed by atoms with Gasteiger partial charge in [0.2, 0.25) is 0 Å². The fourth-order valence-electron chi connectivity index (χ4n) is 2.69. The highest BCUT2D eigenvalue weighted by Crippen LogP contribution is 2.26. The summed E-state index contributed by atoms with van der Waals surface area (Å²) in [5, 5.41) is 2.79. The van der Waals surface area contributed by atoms with Crippen LogP contribution in [0, 0.1) is 0 Å². The van der Waals surface area contributed by atoms with Gasteiger partial charge in [-0.05, 0) is 31.2 Å². The number of morpholine rings is 1. The lowest BCUT2D eigenvalue weighted by Crippen LogP contribution is -2.38. The number of thiazole rings is 1. The number of carbonyl (C=O) groups is 1. The van der Waals surface area contributed by atoms with Gasteiger partial charge in [-0.25, -0.2) is 4.98 Å². The first kappa shape index (κ1) is 18.8. The van der Waals surface area contributed by atoms with Crippen molar-refractivity contribution in [1.29, 1.82) is 0 Å². The molecule has 7 heteroatoms. The van der Waals surface area contributed by atoms with Gasteiger partial charge in [-0.2, -0.15) is 0 Å². The SMILES string of the molecule is CCOC(=O)Cc1csc(-c2ccc(OCCN3CCOCC3)cc2)n1. The van der Waals surface area contributed by atoms with Gasteiger partial charge in [0.1, 0.15) is 17.4 Å². The van der Waals surface area contributed by atoms with Crippen LogP contribution in [0.5, 0.6) is 5.75 Å². The number of carbonyl (C=O) groups excluding carboxylic acids is 1. The van der Waals surface area contributed by atoms with Gasteiger partial charge < -0.3 is 14.2 Å². The average molecular weight is 376 g/mol. The number of nitrogens with zero attached hydrogens (tertiary/aromatic N) is 2. The molecule has 0 amide bonds. The highest BCUT2D eigenvalue weighted by atomic mass is 32.1. The summed E-state index contributed by atoms with van der Waals surface area (Å²) in [6, 6.07) is 7.91. The molecule has 0 spiro atoms. The zero-order valence-electron chi connectivity index (χ0n) is 15.0. The van der Waals surface area contributed by atoms with E-state index >= 15 is 0 Å². The molecular weight excluding hydrogens is 352 g/mol. The van der Waals surface area contributed by atoms with Crippen molar-refractivity contribution in [3.05, 3.63) is 35.3 Å². The van der Waals surface area contributed by atoms with E-state index in [1.165, 1.54) is 11.3 Å². The van der Waals surface area contributed by atoms with Crippen LogP contribution in [-0.2, 0) is 20.7 Å². The lowest BCUT2D eigenvalue weighted by atomic mass is 10.2. The third kappa shape index (κ3) is 5.52. The predicted molar refractivity (Wildman–Crippen MR) is 101 cm³/mol. The quantitative estimate of drug-likeness (QED) is 0.660. The Bertz CT molecular complexity index is 696. The first-order chi connectivity index (χ1) is 12.7. The van der Waals surface area contributed by atoms with Crippen molar-refractivity contribution in [2.45, 2.75) is 13.3 Å². The monoisotopic (exact) mass is 376 g/mol. The smallest absolute Gasteiger partial charge is 0.311 e. The Morgan fingerprint density at radius 2 is 2.04 bits per heavy atom. The molecule has 0 saturated carbocycles. The maximum absolute atomic E-state index is 11.5. The highest BCUT2D eigenvalue weighted by molar-refractivity contribution is 7.13. The number of hydrogen-bond acceptors (Lipinski definition) is 7. The Balaban J connectivity index is 1.49. The minimum atomic E-state index is -0.242. The topological polar surface area (TPSA) is 60.9 Å². The molecule has 0 unspecified atom stereocenters. The van der Waals surface area contributed by atoms with Crippen LogP contribution in [0.15, 0.2) is 29.6 Å². The lowest BCUT2D eigenvalue weighted by Gasteiger charge is -2.26. The van der Waals surface area contributed by atoms with E-state index in [0.717, 1.165) is 54.9 Å². The van der Waals surface area contributed by atoms with E-state index in [-0.39, 0.29) is 12.4 Å². The largest absolute Gasteiger partial charge is 0.492 e. The van der Waals surface area contributed by atoms with Gasteiger partial charge in [0.25, 0.3) is 0 Å². The molecule has 2 heterocycles. The van der Waals surface area contributed by atoms with Crippen LogP contribution < -0.4 is 4.74 Å². The summed E-state index contributed by atoms with van der Waals surface area (Å²) in [5.74, 6) is 0.610. The molecule has 0 N–H and O–H groups in total. The summed E-state index contributed by atoms with van der Waals surface area (Å²) in [7, 11) is 0. The van der Waals surface area contributed by atoms with Crippen molar-refractivity contribution in [3.8, 4) is 16.3 Å². The number of esters is 1. The van der Waals surface area contributed by atoms with E-state index < -0.39 is 0 Å². The van der Waals surface area contributed by atoms with Gasteiger partial charge in [-0.1, -0.05) is 0 Å². The van der Waals surface area contributed by atoms with Gasteiger partial charge in [0.15, 0.2) is 0 Å². The predicted octanol–water partition coefficient (Wildman–Crippen LogP) is 2.63. The van der Waals surface area contributed by atoms with Crippen molar-refractivity contribution >= 4 is 17.3 Å². The van der Waals surface area contributed by atoms with Crippen LogP contribution in [-0.4, -0.2) is 61.9 Å². The second kappa shape index (κ2) is 9.66. The lowest BCUT2D eigenvalue weighted by molar-refractivity contribution is -0.142. The summed E-state index contributed by atoms with van der Waals surface area (Å²) < 4.78 is 16.1. The number of ether oxygens (including phenoxy) is 3. The number of aromatic nitrogens is 1. The van der Waals surface area contributed by atoms with Gasteiger partial charge >= 0.3 is 5.97 Å². The van der Waals surface area contributed by atoms with Crippen LogP contribution in [0.1, 0.15) is 12.6 Å². The molecule has 3 rings (SSSR count). The first-order valence-electron chi connectivity index (χ1n) is 8.88. The normalized spacial score (nSPS) is 15.0. The van der Waals surface area contributed by atoms with Crippen LogP contribution in [0.3, 0.4) is 0 Å². The van der Waals surface area contributed by atoms with Crippen molar-refractivity contribution in [2.24, 2.45) is 0 Å². The molecule has 2 aromatic rings. The summed E-state index contributed by atoms with van der Waals surface area (Å²) in [5.41, 5.74) is 1.76. The molecule has 6 nitrogen and oxygen atoms in total. The Kier molecular flexibility index (Phi) is 6.99. The van der Waals surface area contributed by atoms with Crippen LogP contribution in [0.2, 0.25) is 0 Å². The maximum atomic E-state index is 11.5. The van der Waals surface area contributed by atoms with E-state index in [4.69, 9.17) is 14.2 Å². The third-order valence-electron chi connectivity index (χ3n) is 4.06. The zero-order chi connectivity index (χ0) is 18.2. The van der Waals surface area contributed by atoms with Gasteiger partial charge in [0, 0.05) is 30.6 Å². The molecule has 0 atom stereocenters. The molecule has 1 aromatic carbocycles. The standard InChI is InChI=1S/C19H24N2O4S/c1-2-24-18(22)13-16-14-26-19(20-16)15-3-5-17(6-4-15)25-12-9-21-7-10-23-11-8-21/h3-6,14H,2,7-13H2,1H3. The summed E-state index contributed by atoms with van der Waals surface area (Å²) in [4.78, 5) is 18.4. The van der Waals surface area contributed by atoms with Crippen LogP contribution in [0.25, 0.3) is 10.6 Å². The zero-order valence-corrected chi connectivity index (χ0v) is 15.8. The van der Waals surface area contributed by atoms with Gasteiger partial charge in [0.05, 0.1) is 31.9 Å². The number of benzene rings is 1. The van der Waals surface area contributed by atoms with E-state index in [0.29, 0.717) is 13.2 Å². The maximum Gasteiger partial charge on any atom is 0.311 e. The molecule has 1 saturated heterocycles. The van der Waals surface area contributed by atoms with E-state index in [1.807, 2.05) is 29.6 Å².